The van der Waals surface area contributed by atoms with Crippen LogP contribution in [-0.2, 0) is 0 Å². The van der Waals surface area contributed by atoms with Gasteiger partial charge in [0.15, 0.2) is 0 Å². The van der Waals surface area contributed by atoms with Crippen LogP contribution >= 0.6 is 0 Å². The summed E-state index contributed by atoms with van der Waals surface area (Å²) in [6, 6.07) is 9.13. The van der Waals surface area contributed by atoms with Gasteiger partial charge in [-0.2, -0.15) is 0 Å². The van der Waals surface area contributed by atoms with Gasteiger partial charge >= 0.3 is 0 Å². The zero-order valence-electron chi connectivity index (χ0n) is 9.74. The third-order valence-electron chi connectivity index (χ3n) is 3.75. The van der Waals surface area contributed by atoms with Gasteiger partial charge in [0.2, 0.25) is 0 Å². The van der Waals surface area contributed by atoms with Gasteiger partial charge in [0.1, 0.15) is 0 Å². The lowest BCUT2D eigenvalue weighted by Crippen LogP contribution is -2.30. The van der Waals surface area contributed by atoms with Gasteiger partial charge < -0.3 is 5.73 Å². The van der Waals surface area contributed by atoms with Crippen molar-refractivity contribution in [3.63, 3.8) is 0 Å². The van der Waals surface area contributed by atoms with E-state index in [1.54, 1.807) is 0 Å². The van der Waals surface area contributed by atoms with Gasteiger partial charge in [-0.3, -0.25) is 0 Å². The molecule has 0 aliphatic heterocycles. The van der Waals surface area contributed by atoms with E-state index in [4.69, 9.17) is 5.73 Å². The van der Waals surface area contributed by atoms with Crippen LogP contribution in [-0.4, -0.2) is 6.54 Å². The summed E-state index contributed by atoms with van der Waals surface area (Å²) in [5, 5.41) is 0. The second-order valence-corrected chi connectivity index (χ2v) is 5.00. The fraction of sp³-hybridized carbons (Fsp3) is 0.571. The molecule has 0 saturated heterocycles. The van der Waals surface area contributed by atoms with Gasteiger partial charge in [0.05, 0.1) is 0 Å². The average Bonchev–Trinajstić information content (AvgIpc) is 2.17. The molecule has 1 aliphatic rings. The lowest BCUT2D eigenvalue weighted by atomic mass is 9.70. The van der Waals surface area contributed by atoms with E-state index in [2.05, 4.69) is 38.1 Å². The first-order chi connectivity index (χ1) is 7.22. The molecule has 0 bridgehead atoms. The maximum absolute atomic E-state index is 5.74. The Balaban J connectivity index is 2.10. The first-order valence-electron chi connectivity index (χ1n) is 6.02. The molecule has 82 valence electrons. The first-order valence-corrected chi connectivity index (χ1v) is 6.02. The summed E-state index contributed by atoms with van der Waals surface area (Å²) in [4.78, 5) is 0. The lowest BCUT2D eigenvalue weighted by Gasteiger charge is -2.36. The van der Waals surface area contributed by atoms with Crippen LogP contribution in [0, 0.1) is 5.92 Å². The van der Waals surface area contributed by atoms with Crippen LogP contribution in [0.5, 0.6) is 0 Å². The van der Waals surface area contributed by atoms with Crippen molar-refractivity contribution in [2.75, 3.05) is 6.54 Å². The highest BCUT2D eigenvalue weighted by atomic mass is 14.6. The topological polar surface area (TPSA) is 26.0 Å². The Morgan fingerprint density at radius 2 is 1.87 bits per heavy atom. The SMILES string of the molecule is CC(C)c1ccc(C2CCC2CN)cc1. The molecule has 2 atom stereocenters. The highest BCUT2D eigenvalue weighted by molar-refractivity contribution is 5.29. The number of rotatable bonds is 3. The monoisotopic (exact) mass is 203 g/mol. The van der Waals surface area contributed by atoms with E-state index in [1.165, 1.54) is 24.0 Å². The van der Waals surface area contributed by atoms with E-state index in [1.807, 2.05) is 0 Å². The fourth-order valence-corrected chi connectivity index (χ4v) is 2.42. The zero-order chi connectivity index (χ0) is 10.8. The Bertz CT molecular complexity index is 311. The summed E-state index contributed by atoms with van der Waals surface area (Å²) in [5.74, 6) is 2.09. The van der Waals surface area contributed by atoms with Crippen molar-refractivity contribution in [1.29, 1.82) is 0 Å². The number of hydrogen-bond donors (Lipinski definition) is 1. The lowest BCUT2D eigenvalue weighted by molar-refractivity contribution is 0.263. The summed E-state index contributed by atoms with van der Waals surface area (Å²) < 4.78 is 0. The number of nitrogens with two attached hydrogens (primary N) is 1. The molecule has 0 aromatic heterocycles. The molecule has 15 heavy (non-hydrogen) atoms. The number of hydrogen-bond acceptors (Lipinski definition) is 1. The van der Waals surface area contributed by atoms with E-state index in [0.29, 0.717) is 5.92 Å². The maximum Gasteiger partial charge on any atom is -0.00430 e. The third-order valence-corrected chi connectivity index (χ3v) is 3.75. The average molecular weight is 203 g/mol. The quantitative estimate of drug-likeness (QED) is 0.801. The standard InChI is InChI=1S/C14H21N/c1-10(2)11-3-5-12(6-4-11)14-8-7-13(14)9-15/h3-6,10,13-14H,7-9,15H2,1-2H3. The van der Waals surface area contributed by atoms with Crippen LogP contribution in [0.15, 0.2) is 24.3 Å². The smallest absolute Gasteiger partial charge is 0.00430 e. The minimum absolute atomic E-state index is 0.630. The van der Waals surface area contributed by atoms with Gasteiger partial charge in [-0.1, -0.05) is 38.1 Å². The minimum atomic E-state index is 0.630. The Hall–Kier alpha value is -0.820. The molecule has 0 spiro atoms. The Kier molecular flexibility index (Phi) is 3.11. The van der Waals surface area contributed by atoms with Gasteiger partial charge in [-0.05, 0) is 48.3 Å². The van der Waals surface area contributed by atoms with E-state index in [-0.39, 0.29) is 0 Å². The van der Waals surface area contributed by atoms with Crippen molar-refractivity contribution in [1.82, 2.24) is 0 Å². The molecular formula is C14H21N. The van der Waals surface area contributed by atoms with Crippen molar-refractivity contribution in [2.45, 2.75) is 38.5 Å². The van der Waals surface area contributed by atoms with Crippen LogP contribution < -0.4 is 5.73 Å². The molecule has 2 N–H and O–H groups in total. The fourth-order valence-electron chi connectivity index (χ4n) is 2.42. The van der Waals surface area contributed by atoms with E-state index < -0.39 is 0 Å². The molecule has 1 aliphatic carbocycles. The van der Waals surface area contributed by atoms with Crippen LogP contribution in [0.4, 0.5) is 0 Å². The second kappa shape index (κ2) is 4.36. The van der Waals surface area contributed by atoms with Crippen molar-refractivity contribution in [2.24, 2.45) is 11.7 Å². The van der Waals surface area contributed by atoms with Gasteiger partial charge in [0.25, 0.3) is 0 Å². The molecule has 1 fully saturated rings. The largest absolute Gasteiger partial charge is 0.330 e. The third kappa shape index (κ3) is 2.07. The predicted octanol–water partition coefficient (Wildman–Crippen LogP) is 3.26. The molecule has 1 saturated carbocycles. The molecule has 1 nitrogen and oxygen atoms in total. The summed E-state index contributed by atoms with van der Waals surface area (Å²) in [6.45, 7) is 5.32. The van der Waals surface area contributed by atoms with Crippen LogP contribution in [0.25, 0.3) is 0 Å². The second-order valence-electron chi connectivity index (χ2n) is 5.00. The molecule has 0 amide bonds. The Morgan fingerprint density at radius 3 is 2.27 bits per heavy atom. The van der Waals surface area contributed by atoms with Crippen LogP contribution in [0.2, 0.25) is 0 Å². The molecular weight excluding hydrogens is 182 g/mol. The van der Waals surface area contributed by atoms with Gasteiger partial charge in [0, 0.05) is 0 Å². The molecule has 1 aromatic rings. The summed E-state index contributed by atoms with van der Waals surface area (Å²) >= 11 is 0. The summed E-state index contributed by atoms with van der Waals surface area (Å²) in [6.07, 6.45) is 2.63. The van der Waals surface area contributed by atoms with Crippen LogP contribution in [0.3, 0.4) is 0 Å². The molecule has 0 radical (unpaired) electrons. The first kappa shape index (κ1) is 10.7. The predicted molar refractivity (Wildman–Crippen MR) is 65.1 cm³/mol. The van der Waals surface area contributed by atoms with Crippen molar-refractivity contribution in [3.05, 3.63) is 35.4 Å². The molecule has 1 aromatic carbocycles. The van der Waals surface area contributed by atoms with Gasteiger partial charge in [-0.15, -0.1) is 0 Å². The normalized spacial score (nSPS) is 25.3. The minimum Gasteiger partial charge on any atom is -0.330 e. The summed E-state index contributed by atoms with van der Waals surface area (Å²) in [7, 11) is 0. The van der Waals surface area contributed by atoms with Crippen molar-refractivity contribution < 1.29 is 0 Å². The van der Waals surface area contributed by atoms with Gasteiger partial charge in [-0.25, -0.2) is 0 Å². The molecule has 2 unspecified atom stereocenters. The molecule has 2 rings (SSSR count). The number of benzene rings is 1. The zero-order valence-corrected chi connectivity index (χ0v) is 9.74. The highest BCUT2D eigenvalue weighted by Crippen LogP contribution is 2.41. The highest BCUT2D eigenvalue weighted by Gasteiger charge is 2.30. The molecule has 0 heterocycles. The molecule has 1 heteroatoms. The van der Waals surface area contributed by atoms with E-state index in [0.717, 1.165) is 18.4 Å². The van der Waals surface area contributed by atoms with E-state index in [9.17, 15) is 0 Å². The Morgan fingerprint density at radius 1 is 1.20 bits per heavy atom. The summed E-state index contributed by atoms with van der Waals surface area (Å²) in [5.41, 5.74) is 8.66. The van der Waals surface area contributed by atoms with Crippen molar-refractivity contribution in [3.8, 4) is 0 Å². The van der Waals surface area contributed by atoms with Crippen LogP contribution in [0.1, 0.15) is 49.7 Å². The van der Waals surface area contributed by atoms with Crippen molar-refractivity contribution >= 4 is 0 Å². The Labute approximate surface area is 92.7 Å². The maximum atomic E-state index is 5.74. The van der Waals surface area contributed by atoms with E-state index >= 15 is 0 Å².